The molecule has 0 aliphatic carbocycles. The van der Waals surface area contributed by atoms with Gasteiger partial charge in [-0.3, -0.25) is 4.79 Å². The third-order valence-electron chi connectivity index (χ3n) is 4.30. The zero-order chi connectivity index (χ0) is 18.5. The molecule has 0 unspecified atom stereocenters. The van der Waals surface area contributed by atoms with E-state index in [9.17, 15) is 9.18 Å². The monoisotopic (exact) mass is 378 g/mol. The molecule has 1 aliphatic heterocycles. The summed E-state index contributed by atoms with van der Waals surface area (Å²) in [6, 6.07) is 11.9. The highest BCUT2D eigenvalue weighted by Crippen LogP contribution is 2.23. The maximum absolute atomic E-state index is 13.1. The van der Waals surface area contributed by atoms with Gasteiger partial charge in [-0.15, -0.1) is 0 Å². The number of methoxy groups -OCH3 is 1. The Balaban J connectivity index is 1.50. The van der Waals surface area contributed by atoms with Gasteiger partial charge >= 0.3 is 0 Å². The van der Waals surface area contributed by atoms with Crippen molar-refractivity contribution in [3.8, 4) is 11.5 Å². The number of hydrogen-bond donors (Lipinski definition) is 0. The first kappa shape index (κ1) is 18.3. The van der Waals surface area contributed by atoms with E-state index < -0.39 is 5.82 Å². The smallest absolute Gasteiger partial charge is 0.260 e. The molecular weight excluding hydrogens is 359 g/mol. The second-order valence-electron chi connectivity index (χ2n) is 5.93. The van der Waals surface area contributed by atoms with Gasteiger partial charge in [-0.2, -0.15) is 0 Å². The third kappa shape index (κ3) is 4.38. The number of anilines is 1. The molecule has 1 aliphatic rings. The molecule has 5 nitrogen and oxygen atoms in total. The van der Waals surface area contributed by atoms with E-state index in [4.69, 9.17) is 21.1 Å². The molecule has 0 bridgehead atoms. The van der Waals surface area contributed by atoms with Crippen LogP contribution in [-0.4, -0.2) is 50.7 Å². The molecule has 0 saturated carbocycles. The molecule has 2 aromatic rings. The molecule has 0 spiro atoms. The lowest BCUT2D eigenvalue weighted by molar-refractivity contribution is -0.133. The van der Waals surface area contributed by atoms with Crippen LogP contribution in [0.5, 0.6) is 11.5 Å². The molecule has 0 atom stereocenters. The molecule has 0 aromatic heterocycles. The number of rotatable bonds is 5. The minimum atomic E-state index is -0.515. The van der Waals surface area contributed by atoms with Gasteiger partial charge in [0.15, 0.2) is 6.61 Å². The van der Waals surface area contributed by atoms with Gasteiger partial charge in [-0.1, -0.05) is 17.7 Å². The van der Waals surface area contributed by atoms with Crippen molar-refractivity contribution < 1.29 is 18.7 Å². The zero-order valence-electron chi connectivity index (χ0n) is 14.5. The Morgan fingerprint density at radius 3 is 2.58 bits per heavy atom. The van der Waals surface area contributed by atoms with Crippen LogP contribution >= 0.6 is 11.6 Å². The molecule has 7 heteroatoms. The molecule has 0 N–H and O–H groups in total. The quantitative estimate of drug-likeness (QED) is 0.801. The van der Waals surface area contributed by atoms with Gasteiger partial charge in [0.05, 0.1) is 12.1 Å². The van der Waals surface area contributed by atoms with E-state index in [1.165, 1.54) is 18.2 Å². The second-order valence-corrected chi connectivity index (χ2v) is 6.34. The summed E-state index contributed by atoms with van der Waals surface area (Å²) in [6.45, 7) is 2.61. The normalized spacial score (nSPS) is 14.3. The van der Waals surface area contributed by atoms with Crippen molar-refractivity contribution in [3.63, 3.8) is 0 Å². The highest BCUT2D eigenvalue weighted by atomic mass is 35.5. The number of ether oxygens (including phenoxy) is 2. The predicted molar refractivity (Wildman–Crippen MR) is 98.7 cm³/mol. The van der Waals surface area contributed by atoms with Crippen molar-refractivity contribution >= 4 is 23.2 Å². The van der Waals surface area contributed by atoms with Crippen LogP contribution in [0.15, 0.2) is 42.5 Å². The van der Waals surface area contributed by atoms with Crippen LogP contribution in [0, 0.1) is 5.82 Å². The summed E-state index contributed by atoms with van der Waals surface area (Å²) in [6.07, 6.45) is 0. The van der Waals surface area contributed by atoms with Crippen molar-refractivity contribution in [2.75, 3.05) is 44.8 Å². The third-order valence-corrected chi connectivity index (χ3v) is 4.59. The molecule has 1 heterocycles. The van der Waals surface area contributed by atoms with Gasteiger partial charge in [0.2, 0.25) is 0 Å². The summed E-state index contributed by atoms with van der Waals surface area (Å²) in [5.41, 5.74) is 1.08. The largest absolute Gasteiger partial charge is 0.497 e. The van der Waals surface area contributed by atoms with Gasteiger partial charge in [0, 0.05) is 44.0 Å². The number of piperazine rings is 1. The fourth-order valence-corrected chi connectivity index (χ4v) is 2.99. The molecular formula is C19H20ClFN2O3. The van der Waals surface area contributed by atoms with E-state index in [1.807, 2.05) is 24.3 Å². The fourth-order valence-electron chi connectivity index (χ4n) is 2.82. The zero-order valence-corrected chi connectivity index (χ0v) is 15.2. The van der Waals surface area contributed by atoms with Crippen LogP contribution in [0.1, 0.15) is 0 Å². The van der Waals surface area contributed by atoms with Gasteiger partial charge in [-0.25, -0.2) is 4.39 Å². The first-order valence-corrected chi connectivity index (χ1v) is 8.69. The molecule has 1 fully saturated rings. The average Bonchev–Trinajstić information content (AvgIpc) is 2.69. The van der Waals surface area contributed by atoms with E-state index in [1.54, 1.807) is 12.0 Å². The second kappa shape index (κ2) is 8.27. The summed E-state index contributed by atoms with van der Waals surface area (Å²) < 4.78 is 23.8. The van der Waals surface area contributed by atoms with Gasteiger partial charge in [0.1, 0.15) is 17.3 Å². The van der Waals surface area contributed by atoms with Crippen LogP contribution < -0.4 is 14.4 Å². The lowest BCUT2D eigenvalue weighted by atomic mass is 10.2. The Morgan fingerprint density at radius 1 is 1.12 bits per heavy atom. The summed E-state index contributed by atoms with van der Waals surface area (Å²) in [4.78, 5) is 16.3. The number of hydrogen-bond acceptors (Lipinski definition) is 4. The maximum Gasteiger partial charge on any atom is 0.260 e. The molecule has 2 aromatic carbocycles. The molecule has 1 amide bonds. The molecule has 26 heavy (non-hydrogen) atoms. The lowest BCUT2D eigenvalue weighted by Gasteiger charge is -2.36. The molecule has 138 valence electrons. The van der Waals surface area contributed by atoms with Gasteiger partial charge in [-0.05, 0) is 24.3 Å². The Bertz CT molecular complexity index is 779. The lowest BCUT2D eigenvalue weighted by Crippen LogP contribution is -2.50. The minimum absolute atomic E-state index is 0.0261. The van der Waals surface area contributed by atoms with Crippen LogP contribution in [0.2, 0.25) is 5.02 Å². The minimum Gasteiger partial charge on any atom is -0.497 e. The highest BCUT2D eigenvalue weighted by molar-refractivity contribution is 6.30. The van der Waals surface area contributed by atoms with Crippen LogP contribution in [-0.2, 0) is 4.79 Å². The first-order chi connectivity index (χ1) is 12.6. The van der Waals surface area contributed by atoms with Crippen molar-refractivity contribution in [2.45, 2.75) is 0 Å². The number of carbonyl (C=O) groups is 1. The number of benzene rings is 2. The van der Waals surface area contributed by atoms with E-state index >= 15 is 0 Å². The van der Waals surface area contributed by atoms with Crippen LogP contribution in [0.3, 0.4) is 0 Å². The average molecular weight is 379 g/mol. The van der Waals surface area contributed by atoms with Gasteiger partial charge < -0.3 is 19.3 Å². The summed E-state index contributed by atoms with van der Waals surface area (Å²) >= 11 is 5.71. The Kier molecular flexibility index (Phi) is 5.83. The van der Waals surface area contributed by atoms with E-state index in [2.05, 4.69) is 4.90 Å². The molecule has 1 saturated heterocycles. The van der Waals surface area contributed by atoms with E-state index in [-0.39, 0.29) is 17.5 Å². The topological polar surface area (TPSA) is 42.0 Å². The SMILES string of the molecule is COc1cccc(N2CCN(C(=O)COc3ccc(F)c(Cl)c3)CC2)c1. The van der Waals surface area contributed by atoms with Crippen LogP contribution in [0.4, 0.5) is 10.1 Å². The van der Waals surface area contributed by atoms with E-state index in [0.29, 0.717) is 18.8 Å². The highest BCUT2D eigenvalue weighted by Gasteiger charge is 2.22. The molecule has 3 rings (SSSR count). The van der Waals surface area contributed by atoms with Crippen molar-refractivity contribution in [2.24, 2.45) is 0 Å². The Labute approximate surface area is 156 Å². The fraction of sp³-hybridized carbons (Fsp3) is 0.316. The Morgan fingerprint density at radius 2 is 1.88 bits per heavy atom. The van der Waals surface area contributed by atoms with Crippen molar-refractivity contribution in [1.29, 1.82) is 0 Å². The van der Waals surface area contributed by atoms with Crippen molar-refractivity contribution in [1.82, 2.24) is 4.90 Å². The predicted octanol–water partition coefficient (Wildman–Crippen LogP) is 3.22. The number of nitrogens with zero attached hydrogens (tertiary/aromatic N) is 2. The number of amides is 1. The first-order valence-electron chi connectivity index (χ1n) is 8.31. The van der Waals surface area contributed by atoms with Crippen molar-refractivity contribution in [3.05, 3.63) is 53.3 Å². The number of carbonyl (C=O) groups excluding carboxylic acids is 1. The molecule has 0 radical (unpaired) electrons. The number of halogens is 2. The Hall–Kier alpha value is -2.47. The van der Waals surface area contributed by atoms with Crippen LogP contribution in [0.25, 0.3) is 0 Å². The standard InChI is InChI=1S/C19H20ClFN2O3/c1-25-15-4-2-3-14(11-15)22-7-9-23(10-8-22)19(24)13-26-16-5-6-18(21)17(20)12-16/h2-6,11-12H,7-10,13H2,1H3. The summed E-state index contributed by atoms with van der Waals surface area (Å²) in [7, 11) is 1.64. The van der Waals surface area contributed by atoms with E-state index in [0.717, 1.165) is 24.5 Å². The van der Waals surface area contributed by atoms with Gasteiger partial charge in [0.25, 0.3) is 5.91 Å². The maximum atomic E-state index is 13.1. The summed E-state index contributed by atoms with van der Waals surface area (Å²) in [5, 5.41) is -0.0261. The summed E-state index contributed by atoms with van der Waals surface area (Å²) in [5.74, 6) is 0.571.